The first-order valence-electron chi connectivity index (χ1n) is 10.8. The van der Waals surface area contributed by atoms with Crippen molar-refractivity contribution in [2.24, 2.45) is 4.99 Å². The van der Waals surface area contributed by atoms with E-state index in [1.54, 1.807) is 31.8 Å². The molecule has 0 radical (unpaired) electrons. The van der Waals surface area contributed by atoms with Crippen LogP contribution in [0.5, 0.6) is 11.5 Å². The molecule has 0 bridgehead atoms. The van der Waals surface area contributed by atoms with E-state index in [2.05, 4.69) is 4.98 Å². The molecule has 3 heterocycles. The molecule has 0 saturated carbocycles. The van der Waals surface area contributed by atoms with Crippen LogP contribution in [-0.4, -0.2) is 37.4 Å². The lowest BCUT2D eigenvalue weighted by Gasteiger charge is -2.21. The first-order valence-corrected chi connectivity index (χ1v) is 11.6. The van der Waals surface area contributed by atoms with Gasteiger partial charge in [-0.25, -0.2) is 0 Å². The lowest BCUT2D eigenvalue weighted by molar-refractivity contribution is -0.117. The molecule has 32 heavy (non-hydrogen) atoms. The first-order chi connectivity index (χ1) is 15.7. The predicted molar refractivity (Wildman–Crippen MR) is 126 cm³/mol. The Balaban J connectivity index is 1.65. The Bertz CT molecular complexity index is 1190. The molecular formula is C25H25N3O3S. The van der Waals surface area contributed by atoms with Gasteiger partial charge in [0.1, 0.15) is 11.5 Å². The van der Waals surface area contributed by atoms with Gasteiger partial charge in [-0.15, -0.1) is 11.3 Å². The summed E-state index contributed by atoms with van der Waals surface area (Å²) in [4.78, 5) is 25.6. The number of anilines is 1. The maximum Gasteiger partial charge on any atom is 0.249 e. The van der Waals surface area contributed by atoms with Crippen LogP contribution in [0.15, 0.2) is 47.7 Å². The Kier molecular flexibility index (Phi) is 5.66. The number of carbonyl (C=O) groups excluding carboxylic acids is 1. The van der Waals surface area contributed by atoms with Crippen molar-refractivity contribution < 1.29 is 14.3 Å². The minimum atomic E-state index is 0.00387. The van der Waals surface area contributed by atoms with Crippen molar-refractivity contribution in [3.63, 3.8) is 0 Å². The Labute approximate surface area is 191 Å². The number of thiophene rings is 1. The highest BCUT2D eigenvalue weighted by Crippen LogP contribution is 2.43. The van der Waals surface area contributed by atoms with Crippen molar-refractivity contribution in [1.29, 1.82) is 0 Å². The van der Waals surface area contributed by atoms with Gasteiger partial charge in [-0.3, -0.25) is 19.7 Å². The first kappa shape index (κ1) is 20.7. The SMILES string of the molecule is COc1ccc(C2=NCC(=O)N(Cc3cccnc3)c3sc4c(c32)CCCC4)cc1OC. The normalized spacial score (nSPS) is 15.5. The van der Waals surface area contributed by atoms with Crippen LogP contribution in [0, 0.1) is 0 Å². The number of amides is 1. The monoisotopic (exact) mass is 447 g/mol. The van der Waals surface area contributed by atoms with E-state index in [1.807, 2.05) is 41.4 Å². The molecule has 3 aromatic rings. The van der Waals surface area contributed by atoms with Gasteiger partial charge in [0.25, 0.3) is 0 Å². The molecule has 0 saturated heterocycles. The van der Waals surface area contributed by atoms with Gasteiger partial charge in [-0.1, -0.05) is 6.07 Å². The van der Waals surface area contributed by atoms with Crippen LogP contribution in [0.25, 0.3) is 0 Å². The van der Waals surface area contributed by atoms with E-state index < -0.39 is 0 Å². The fourth-order valence-electron chi connectivity index (χ4n) is 4.46. The Morgan fingerprint density at radius 2 is 1.94 bits per heavy atom. The van der Waals surface area contributed by atoms with Crippen LogP contribution < -0.4 is 14.4 Å². The average Bonchev–Trinajstić information content (AvgIpc) is 3.16. The summed E-state index contributed by atoms with van der Waals surface area (Å²) in [7, 11) is 3.26. The molecule has 164 valence electrons. The second kappa shape index (κ2) is 8.74. The minimum Gasteiger partial charge on any atom is -0.493 e. The van der Waals surface area contributed by atoms with Gasteiger partial charge in [0.05, 0.1) is 26.5 Å². The van der Waals surface area contributed by atoms with Crippen LogP contribution in [-0.2, 0) is 24.2 Å². The number of hydrogen-bond acceptors (Lipinski definition) is 6. The highest BCUT2D eigenvalue weighted by Gasteiger charge is 2.32. The molecule has 1 amide bonds. The van der Waals surface area contributed by atoms with E-state index in [-0.39, 0.29) is 12.5 Å². The summed E-state index contributed by atoms with van der Waals surface area (Å²) in [6, 6.07) is 9.76. The summed E-state index contributed by atoms with van der Waals surface area (Å²) in [5, 5.41) is 0.997. The number of methoxy groups -OCH3 is 2. The van der Waals surface area contributed by atoms with Gasteiger partial charge < -0.3 is 9.47 Å². The molecular weight excluding hydrogens is 422 g/mol. The highest BCUT2D eigenvalue weighted by atomic mass is 32.1. The van der Waals surface area contributed by atoms with Crippen molar-refractivity contribution in [3.8, 4) is 11.5 Å². The second-order valence-electron chi connectivity index (χ2n) is 7.97. The zero-order valence-corrected chi connectivity index (χ0v) is 19.1. The zero-order valence-electron chi connectivity index (χ0n) is 18.3. The third kappa shape index (κ3) is 3.66. The van der Waals surface area contributed by atoms with E-state index in [0.717, 1.165) is 46.7 Å². The number of aromatic nitrogens is 1. The molecule has 0 atom stereocenters. The molecule has 0 spiro atoms. The molecule has 1 aromatic carbocycles. The summed E-state index contributed by atoms with van der Waals surface area (Å²) >= 11 is 1.75. The van der Waals surface area contributed by atoms with E-state index in [4.69, 9.17) is 14.5 Å². The van der Waals surface area contributed by atoms with E-state index in [0.29, 0.717) is 18.0 Å². The van der Waals surface area contributed by atoms with Crippen molar-refractivity contribution >= 4 is 28.0 Å². The third-order valence-electron chi connectivity index (χ3n) is 6.03. The third-order valence-corrected chi connectivity index (χ3v) is 7.34. The number of ether oxygens (including phenoxy) is 2. The Morgan fingerprint density at radius 3 is 2.72 bits per heavy atom. The predicted octanol–water partition coefficient (Wildman–Crippen LogP) is 4.42. The molecule has 0 N–H and O–H groups in total. The number of carbonyl (C=O) groups is 1. The molecule has 5 rings (SSSR count). The molecule has 1 aliphatic carbocycles. The van der Waals surface area contributed by atoms with Crippen LogP contribution in [0.4, 0.5) is 5.00 Å². The minimum absolute atomic E-state index is 0.00387. The average molecular weight is 448 g/mol. The number of nitrogens with zero attached hydrogens (tertiary/aromatic N) is 3. The number of aryl methyl sites for hydroxylation is 1. The van der Waals surface area contributed by atoms with Crippen LogP contribution in [0.2, 0.25) is 0 Å². The maximum absolute atomic E-state index is 13.3. The van der Waals surface area contributed by atoms with Crippen molar-refractivity contribution in [2.45, 2.75) is 32.2 Å². The largest absolute Gasteiger partial charge is 0.493 e. The van der Waals surface area contributed by atoms with Crippen molar-refractivity contribution in [2.75, 3.05) is 25.7 Å². The fourth-order valence-corrected chi connectivity index (χ4v) is 5.87. The molecule has 6 nitrogen and oxygen atoms in total. The molecule has 1 aliphatic heterocycles. The van der Waals surface area contributed by atoms with E-state index in [1.165, 1.54) is 16.9 Å². The number of pyridine rings is 1. The summed E-state index contributed by atoms with van der Waals surface area (Å²) in [6.07, 6.45) is 7.99. The van der Waals surface area contributed by atoms with Gasteiger partial charge in [0, 0.05) is 28.4 Å². The topological polar surface area (TPSA) is 64.0 Å². The van der Waals surface area contributed by atoms with Gasteiger partial charge in [0.2, 0.25) is 5.91 Å². The molecule has 7 heteroatoms. The van der Waals surface area contributed by atoms with Gasteiger partial charge >= 0.3 is 0 Å². The molecule has 2 aromatic heterocycles. The molecule has 0 unspecified atom stereocenters. The van der Waals surface area contributed by atoms with Crippen LogP contribution in [0.1, 0.15) is 40.0 Å². The summed E-state index contributed by atoms with van der Waals surface area (Å²) in [5.41, 5.74) is 5.25. The lowest BCUT2D eigenvalue weighted by Crippen LogP contribution is -2.31. The Morgan fingerprint density at radius 1 is 1.09 bits per heavy atom. The number of fused-ring (bicyclic) bond motifs is 3. The number of rotatable bonds is 5. The van der Waals surface area contributed by atoms with Crippen molar-refractivity contribution in [3.05, 3.63) is 69.9 Å². The van der Waals surface area contributed by atoms with Crippen molar-refractivity contribution in [1.82, 2.24) is 4.98 Å². The number of hydrogen-bond donors (Lipinski definition) is 0. The quantitative estimate of drug-likeness (QED) is 0.581. The number of benzene rings is 1. The zero-order chi connectivity index (χ0) is 22.1. The maximum atomic E-state index is 13.3. The van der Waals surface area contributed by atoms with Crippen LogP contribution in [0.3, 0.4) is 0 Å². The van der Waals surface area contributed by atoms with Gasteiger partial charge in [-0.2, -0.15) is 0 Å². The van der Waals surface area contributed by atoms with Gasteiger partial charge in [0.15, 0.2) is 11.5 Å². The molecule has 2 aliphatic rings. The lowest BCUT2D eigenvalue weighted by atomic mass is 9.91. The second-order valence-corrected chi connectivity index (χ2v) is 9.05. The summed E-state index contributed by atoms with van der Waals surface area (Å²) < 4.78 is 11.0. The summed E-state index contributed by atoms with van der Waals surface area (Å²) in [5.74, 6) is 1.33. The standard InChI is InChI=1S/C25H25N3O3S/c1-30-19-10-9-17(12-20(19)31-2)24-23-18-7-3-4-8-21(18)32-25(23)28(22(29)14-27-24)15-16-6-5-11-26-13-16/h5-6,9-13H,3-4,7-8,14-15H2,1-2H3. The van der Waals surface area contributed by atoms with Gasteiger partial charge in [-0.05, 0) is 61.1 Å². The highest BCUT2D eigenvalue weighted by molar-refractivity contribution is 7.17. The Hall–Kier alpha value is -3.19. The van der Waals surface area contributed by atoms with E-state index in [9.17, 15) is 4.79 Å². The smallest absolute Gasteiger partial charge is 0.249 e. The fraction of sp³-hybridized carbons (Fsp3) is 0.320. The number of aliphatic imine (C=N–C) groups is 1. The summed E-state index contributed by atoms with van der Waals surface area (Å²) in [6.45, 7) is 0.605. The van der Waals surface area contributed by atoms with Crippen LogP contribution >= 0.6 is 11.3 Å². The molecule has 0 fully saturated rings. The van der Waals surface area contributed by atoms with E-state index >= 15 is 0 Å².